The molecule has 0 bridgehead atoms. The van der Waals surface area contributed by atoms with E-state index in [0.717, 1.165) is 47.4 Å². The summed E-state index contributed by atoms with van der Waals surface area (Å²) in [6.45, 7) is 0.266. The maximum atomic E-state index is 12.7. The van der Waals surface area contributed by atoms with Gasteiger partial charge in [0, 0.05) is 22.9 Å². The standard InChI is InChI=1S/C29H32N2O4S/c1-34-25-16-17-26(27(35-2)23(25)18-30-28(32)20-10-4-3-5-11-20)36-19-22-14-8-9-15-24(22)31-29(33)21-12-6-7-13-21/h3-5,8-11,14-17,21H,6-7,12-13,18-19H2,1-2H3,(H,30,32)(H,31,33). The highest BCUT2D eigenvalue weighted by Crippen LogP contribution is 2.40. The summed E-state index contributed by atoms with van der Waals surface area (Å²) >= 11 is 1.62. The average Bonchev–Trinajstić information content (AvgIpc) is 3.47. The first-order valence-electron chi connectivity index (χ1n) is 12.2. The Balaban J connectivity index is 1.49. The van der Waals surface area contributed by atoms with Crippen LogP contribution in [0.4, 0.5) is 5.69 Å². The zero-order valence-electron chi connectivity index (χ0n) is 20.7. The molecule has 1 aliphatic rings. The third-order valence-electron chi connectivity index (χ3n) is 6.45. The van der Waals surface area contributed by atoms with Crippen LogP contribution in [0, 0.1) is 5.92 Å². The van der Waals surface area contributed by atoms with Crippen LogP contribution in [0.15, 0.2) is 71.6 Å². The van der Waals surface area contributed by atoms with Crippen LogP contribution in [-0.4, -0.2) is 26.0 Å². The Morgan fingerprint density at radius 3 is 2.36 bits per heavy atom. The molecule has 0 aliphatic heterocycles. The predicted molar refractivity (Wildman–Crippen MR) is 144 cm³/mol. The molecule has 7 heteroatoms. The number of ether oxygens (including phenoxy) is 2. The van der Waals surface area contributed by atoms with Gasteiger partial charge in [-0.25, -0.2) is 0 Å². The SMILES string of the molecule is COc1ccc(SCc2ccccc2NC(=O)C2CCCC2)c(OC)c1CNC(=O)c1ccccc1. The summed E-state index contributed by atoms with van der Waals surface area (Å²) < 4.78 is 11.4. The Morgan fingerprint density at radius 1 is 0.917 bits per heavy atom. The highest BCUT2D eigenvalue weighted by molar-refractivity contribution is 7.98. The Hall–Kier alpha value is -3.45. The number of carbonyl (C=O) groups is 2. The number of hydrogen-bond acceptors (Lipinski definition) is 5. The van der Waals surface area contributed by atoms with Gasteiger partial charge in [-0.15, -0.1) is 11.8 Å². The molecule has 0 saturated heterocycles. The molecular formula is C29H32N2O4S. The van der Waals surface area contributed by atoms with Crippen molar-refractivity contribution in [3.8, 4) is 11.5 Å². The fraction of sp³-hybridized carbons (Fsp3) is 0.310. The van der Waals surface area contributed by atoms with Gasteiger partial charge in [-0.3, -0.25) is 9.59 Å². The molecule has 0 spiro atoms. The Labute approximate surface area is 216 Å². The lowest BCUT2D eigenvalue weighted by atomic mass is 10.1. The van der Waals surface area contributed by atoms with Crippen LogP contribution in [-0.2, 0) is 17.1 Å². The number of para-hydroxylation sites is 1. The van der Waals surface area contributed by atoms with Crippen molar-refractivity contribution in [2.45, 2.75) is 42.9 Å². The van der Waals surface area contributed by atoms with Crippen molar-refractivity contribution in [1.82, 2.24) is 5.32 Å². The van der Waals surface area contributed by atoms with Gasteiger partial charge < -0.3 is 20.1 Å². The molecule has 2 amide bonds. The summed E-state index contributed by atoms with van der Waals surface area (Å²) in [6.07, 6.45) is 4.19. The van der Waals surface area contributed by atoms with Gasteiger partial charge in [0.2, 0.25) is 5.91 Å². The molecule has 0 unspecified atom stereocenters. The first kappa shape index (κ1) is 25.6. The maximum absolute atomic E-state index is 12.7. The molecule has 1 aliphatic carbocycles. The highest BCUT2D eigenvalue weighted by atomic mass is 32.2. The normalized spacial score (nSPS) is 13.3. The number of carbonyl (C=O) groups excluding carboxylic acids is 2. The van der Waals surface area contributed by atoms with Gasteiger partial charge >= 0.3 is 0 Å². The second-order valence-corrected chi connectivity index (χ2v) is 9.76. The summed E-state index contributed by atoms with van der Waals surface area (Å²) in [4.78, 5) is 26.2. The van der Waals surface area contributed by atoms with Crippen molar-refractivity contribution in [3.05, 3.63) is 83.4 Å². The predicted octanol–water partition coefficient (Wildman–Crippen LogP) is 6.05. The number of hydrogen-bond donors (Lipinski definition) is 2. The monoisotopic (exact) mass is 504 g/mol. The molecule has 0 atom stereocenters. The molecule has 0 heterocycles. The first-order valence-corrected chi connectivity index (χ1v) is 13.2. The van der Waals surface area contributed by atoms with Crippen molar-refractivity contribution in [3.63, 3.8) is 0 Å². The molecule has 0 aromatic heterocycles. The van der Waals surface area contributed by atoms with Gasteiger partial charge in [-0.1, -0.05) is 49.2 Å². The molecule has 188 valence electrons. The average molecular weight is 505 g/mol. The second-order valence-electron chi connectivity index (χ2n) is 8.74. The van der Waals surface area contributed by atoms with Crippen LogP contribution < -0.4 is 20.1 Å². The zero-order valence-corrected chi connectivity index (χ0v) is 21.5. The van der Waals surface area contributed by atoms with Gasteiger partial charge in [-0.05, 0) is 48.7 Å². The molecule has 3 aromatic carbocycles. The summed E-state index contributed by atoms with van der Waals surface area (Å²) in [5.74, 6) is 2.03. The fourth-order valence-electron chi connectivity index (χ4n) is 4.49. The fourth-order valence-corrected chi connectivity index (χ4v) is 5.56. The van der Waals surface area contributed by atoms with E-state index in [1.165, 1.54) is 0 Å². The maximum Gasteiger partial charge on any atom is 0.251 e. The van der Waals surface area contributed by atoms with E-state index in [1.54, 1.807) is 38.1 Å². The van der Waals surface area contributed by atoms with Gasteiger partial charge in [0.25, 0.3) is 5.91 Å². The summed E-state index contributed by atoms with van der Waals surface area (Å²) in [7, 11) is 3.23. The van der Waals surface area contributed by atoms with Crippen molar-refractivity contribution in [1.29, 1.82) is 0 Å². The van der Waals surface area contributed by atoms with E-state index in [9.17, 15) is 9.59 Å². The van der Waals surface area contributed by atoms with Crippen LogP contribution in [0.2, 0.25) is 0 Å². The molecule has 1 fully saturated rings. The van der Waals surface area contributed by atoms with Gasteiger partial charge in [-0.2, -0.15) is 0 Å². The van der Waals surface area contributed by atoms with E-state index in [2.05, 4.69) is 10.6 Å². The van der Waals surface area contributed by atoms with Crippen molar-refractivity contribution in [2.75, 3.05) is 19.5 Å². The van der Waals surface area contributed by atoms with Crippen LogP contribution in [0.3, 0.4) is 0 Å². The van der Waals surface area contributed by atoms with E-state index in [-0.39, 0.29) is 24.3 Å². The Morgan fingerprint density at radius 2 is 1.64 bits per heavy atom. The van der Waals surface area contributed by atoms with Crippen LogP contribution in [0.1, 0.15) is 47.2 Å². The van der Waals surface area contributed by atoms with E-state index in [4.69, 9.17) is 9.47 Å². The van der Waals surface area contributed by atoms with Gasteiger partial charge in [0.15, 0.2) is 0 Å². The van der Waals surface area contributed by atoms with Crippen molar-refractivity contribution in [2.24, 2.45) is 5.92 Å². The molecule has 1 saturated carbocycles. The lowest BCUT2D eigenvalue weighted by molar-refractivity contribution is -0.119. The zero-order chi connectivity index (χ0) is 25.3. The Bertz CT molecular complexity index is 1190. The third kappa shape index (κ3) is 6.21. The number of thioether (sulfide) groups is 1. The number of amides is 2. The molecule has 36 heavy (non-hydrogen) atoms. The second kappa shape index (κ2) is 12.5. The quantitative estimate of drug-likeness (QED) is 0.329. The number of benzene rings is 3. The van der Waals surface area contributed by atoms with E-state index in [1.807, 2.05) is 54.6 Å². The summed E-state index contributed by atoms with van der Waals surface area (Å²) in [5.41, 5.74) is 3.27. The van der Waals surface area contributed by atoms with Crippen molar-refractivity contribution < 1.29 is 19.1 Å². The minimum Gasteiger partial charge on any atom is -0.496 e. The van der Waals surface area contributed by atoms with Crippen LogP contribution in [0.25, 0.3) is 0 Å². The minimum absolute atomic E-state index is 0.112. The van der Waals surface area contributed by atoms with Crippen LogP contribution >= 0.6 is 11.8 Å². The lowest BCUT2D eigenvalue weighted by Gasteiger charge is -2.18. The molecule has 2 N–H and O–H groups in total. The molecule has 4 rings (SSSR count). The molecule has 0 radical (unpaired) electrons. The van der Waals surface area contributed by atoms with E-state index in [0.29, 0.717) is 22.8 Å². The number of methoxy groups -OCH3 is 2. The largest absolute Gasteiger partial charge is 0.496 e. The minimum atomic E-state index is -0.162. The highest BCUT2D eigenvalue weighted by Gasteiger charge is 2.23. The third-order valence-corrected chi connectivity index (χ3v) is 7.54. The lowest BCUT2D eigenvalue weighted by Crippen LogP contribution is -2.23. The number of nitrogens with one attached hydrogen (secondary N) is 2. The molecule has 3 aromatic rings. The van der Waals surface area contributed by atoms with Gasteiger partial charge in [0.05, 0.1) is 31.2 Å². The van der Waals surface area contributed by atoms with Crippen LogP contribution in [0.5, 0.6) is 11.5 Å². The van der Waals surface area contributed by atoms with Crippen molar-refractivity contribution >= 4 is 29.3 Å². The number of anilines is 1. The summed E-state index contributed by atoms with van der Waals surface area (Å²) in [5, 5.41) is 6.11. The number of rotatable bonds is 10. The topological polar surface area (TPSA) is 76.7 Å². The molecular weight excluding hydrogens is 472 g/mol. The molecule has 6 nitrogen and oxygen atoms in total. The summed E-state index contributed by atoms with van der Waals surface area (Å²) in [6, 6.07) is 20.9. The van der Waals surface area contributed by atoms with E-state index >= 15 is 0 Å². The first-order chi connectivity index (χ1) is 17.6. The smallest absolute Gasteiger partial charge is 0.251 e. The Kier molecular flexibility index (Phi) is 8.90. The van der Waals surface area contributed by atoms with Gasteiger partial charge in [0.1, 0.15) is 11.5 Å². The van der Waals surface area contributed by atoms with E-state index < -0.39 is 0 Å².